The van der Waals surface area contributed by atoms with Gasteiger partial charge in [-0.3, -0.25) is 0 Å². The fourth-order valence-electron chi connectivity index (χ4n) is 4.25. The van der Waals surface area contributed by atoms with Gasteiger partial charge in [0.2, 0.25) is 10.0 Å². The molecule has 37 heavy (non-hydrogen) atoms. The number of aryl methyl sites for hydroxylation is 4. The third kappa shape index (κ3) is 5.95. The number of benzene rings is 2. The highest BCUT2D eigenvalue weighted by Gasteiger charge is 2.15. The van der Waals surface area contributed by atoms with Crippen molar-refractivity contribution in [2.45, 2.75) is 44.6 Å². The molecular formula is C26H32N8O2S. The van der Waals surface area contributed by atoms with Gasteiger partial charge < -0.3 is 15.2 Å². The maximum Gasteiger partial charge on any atom is 0.238 e. The predicted octanol–water partition coefficient (Wildman–Crippen LogP) is 4.78. The number of anilines is 2. The van der Waals surface area contributed by atoms with E-state index in [2.05, 4.69) is 24.8 Å². The van der Waals surface area contributed by atoms with Gasteiger partial charge in [-0.1, -0.05) is 0 Å². The van der Waals surface area contributed by atoms with Crippen LogP contribution in [0.5, 0.6) is 0 Å². The molecule has 0 saturated carbocycles. The standard InChI is InChI=1S/C26H32N8O2S/c1-17-18(2)30-26(27)24-25(17)34(16-29-24)14-6-5-7-19-15-21(10-13-23(19)37(28,35)36)32-31-20-8-11-22(12-9-20)33(3)4/h8-13,15-16H,5-7,14H2,1-4H3,(H2,27,30)(H2,28,35,36). The normalized spacial score (nSPS) is 12.0. The second kappa shape index (κ2) is 10.7. The number of rotatable bonds is 9. The molecule has 11 heteroatoms. The number of pyridine rings is 1. The van der Waals surface area contributed by atoms with Crippen LogP contribution in [0.1, 0.15) is 29.7 Å². The third-order valence-electron chi connectivity index (χ3n) is 6.36. The van der Waals surface area contributed by atoms with E-state index >= 15 is 0 Å². The zero-order chi connectivity index (χ0) is 26.7. The van der Waals surface area contributed by atoms with Crippen LogP contribution in [0, 0.1) is 13.8 Å². The second-order valence-electron chi connectivity index (χ2n) is 9.25. The molecule has 0 spiro atoms. The van der Waals surface area contributed by atoms with Crippen molar-refractivity contribution in [1.82, 2.24) is 14.5 Å². The van der Waals surface area contributed by atoms with Gasteiger partial charge in [-0.05, 0) is 86.7 Å². The lowest BCUT2D eigenvalue weighted by Gasteiger charge is -2.11. The van der Waals surface area contributed by atoms with E-state index in [-0.39, 0.29) is 4.90 Å². The Kier molecular flexibility index (Phi) is 7.55. The van der Waals surface area contributed by atoms with Gasteiger partial charge in [-0.15, -0.1) is 0 Å². The zero-order valence-corrected chi connectivity index (χ0v) is 22.3. The Balaban J connectivity index is 1.48. The van der Waals surface area contributed by atoms with Gasteiger partial charge in [0.15, 0.2) is 5.82 Å². The van der Waals surface area contributed by atoms with E-state index in [1.165, 1.54) is 6.07 Å². The lowest BCUT2D eigenvalue weighted by Crippen LogP contribution is -2.14. The van der Waals surface area contributed by atoms with E-state index in [1.807, 2.05) is 57.1 Å². The number of hydrogen-bond donors (Lipinski definition) is 2. The number of azo groups is 1. The Labute approximate surface area is 217 Å². The average molecular weight is 521 g/mol. The van der Waals surface area contributed by atoms with Crippen molar-refractivity contribution in [2.24, 2.45) is 15.4 Å². The number of aromatic nitrogens is 3. The summed E-state index contributed by atoms with van der Waals surface area (Å²) in [6, 6.07) is 12.5. The van der Waals surface area contributed by atoms with E-state index in [4.69, 9.17) is 10.9 Å². The number of hydrogen-bond acceptors (Lipinski definition) is 8. The van der Waals surface area contributed by atoms with Crippen molar-refractivity contribution in [3.05, 3.63) is 65.6 Å². The molecule has 2 aromatic heterocycles. The molecule has 0 unspecified atom stereocenters. The molecule has 10 nitrogen and oxygen atoms in total. The molecule has 0 fully saturated rings. The molecule has 4 N–H and O–H groups in total. The predicted molar refractivity (Wildman–Crippen MR) is 147 cm³/mol. The number of primary sulfonamides is 1. The highest BCUT2D eigenvalue weighted by molar-refractivity contribution is 7.89. The van der Waals surface area contributed by atoms with Crippen molar-refractivity contribution in [3.63, 3.8) is 0 Å². The topological polar surface area (TPSA) is 145 Å². The Morgan fingerprint density at radius 1 is 1.00 bits per heavy atom. The van der Waals surface area contributed by atoms with Crippen LogP contribution < -0.4 is 15.8 Å². The van der Waals surface area contributed by atoms with Gasteiger partial charge >= 0.3 is 0 Å². The van der Waals surface area contributed by atoms with Crippen LogP contribution in [-0.2, 0) is 23.0 Å². The van der Waals surface area contributed by atoms with Gasteiger partial charge in [-0.25, -0.2) is 23.5 Å². The van der Waals surface area contributed by atoms with Crippen LogP contribution >= 0.6 is 0 Å². The Bertz CT molecular complexity index is 1560. The number of sulfonamides is 1. The SMILES string of the molecule is Cc1nc(N)c2ncn(CCCCc3cc(N=Nc4ccc(N(C)C)cc4)ccc3S(N)(=O)=O)c2c1C. The molecule has 0 aliphatic carbocycles. The van der Waals surface area contributed by atoms with Gasteiger partial charge in [0.25, 0.3) is 0 Å². The summed E-state index contributed by atoms with van der Waals surface area (Å²) < 4.78 is 26.4. The minimum Gasteiger partial charge on any atom is -0.382 e. The summed E-state index contributed by atoms with van der Waals surface area (Å²) in [4.78, 5) is 10.9. The second-order valence-corrected chi connectivity index (χ2v) is 10.8. The van der Waals surface area contributed by atoms with Crippen LogP contribution in [-0.4, -0.2) is 37.0 Å². The number of fused-ring (bicyclic) bond motifs is 1. The molecule has 0 saturated heterocycles. The van der Waals surface area contributed by atoms with E-state index < -0.39 is 10.0 Å². The average Bonchev–Trinajstić information content (AvgIpc) is 3.28. The molecule has 0 amide bonds. The first-order valence-corrected chi connectivity index (χ1v) is 13.5. The lowest BCUT2D eigenvalue weighted by atomic mass is 10.1. The molecule has 194 valence electrons. The summed E-state index contributed by atoms with van der Waals surface area (Å²) in [5, 5.41) is 14.1. The van der Waals surface area contributed by atoms with E-state index in [1.54, 1.807) is 18.5 Å². The van der Waals surface area contributed by atoms with E-state index in [0.717, 1.165) is 35.3 Å². The maximum atomic E-state index is 12.2. The number of unbranched alkanes of at least 4 members (excludes halogenated alkanes) is 1. The van der Waals surface area contributed by atoms with Crippen molar-refractivity contribution in [1.29, 1.82) is 0 Å². The van der Waals surface area contributed by atoms with Crippen molar-refractivity contribution in [3.8, 4) is 0 Å². The fraction of sp³-hybridized carbons (Fsp3) is 0.308. The first-order chi connectivity index (χ1) is 17.5. The lowest BCUT2D eigenvalue weighted by molar-refractivity contribution is 0.593. The number of nitrogen functional groups attached to an aromatic ring is 1. The summed E-state index contributed by atoms with van der Waals surface area (Å²) >= 11 is 0. The van der Waals surface area contributed by atoms with Gasteiger partial charge in [0.05, 0.1) is 28.1 Å². The molecule has 0 atom stereocenters. The minimum absolute atomic E-state index is 0.111. The van der Waals surface area contributed by atoms with E-state index in [9.17, 15) is 8.42 Å². The smallest absolute Gasteiger partial charge is 0.238 e. The maximum absolute atomic E-state index is 12.2. The van der Waals surface area contributed by atoms with Gasteiger partial charge in [0.1, 0.15) is 5.52 Å². The van der Waals surface area contributed by atoms with Crippen LogP contribution in [0.3, 0.4) is 0 Å². The Morgan fingerprint density at radius 3 is 2.35 bits per heavy atom. The molecule has 2 aromatic carbocycles. The molecular weight excluding hydrogens is 488 g/mol. The summed E-state index contributed by atoms with van der Waals surface area (Å²) in [7, 11) is 0.0731. The van der Waals surface area contributed by atoms with Crippen LogP contribution in [0.2, 0.25) is 0 Å². The summed E-state index contributed by atoms with van der Waals surface area (Å²) in [6.07, 6.45) is 3.85. The zero-order valence-electron chi connectivity index (χ0n) is 21.5. The molecule has 0 aliphatic heterocycles. The largest absolute Gasteiger partial charge is 0.382 e. The van der Waals surface area contributed by atoms with Crippen molar-refractivity contribution < 1.29 is 8.42 Å². The highest BCUT2D eigenvalue weighted by atomic mass is 32.2. The molecule has 0 aliphatic rings. The molecule has 4 aromatic rings. The monoisotopic (exact) mass is 520 g/mol. The number of imidazole rings is 1. The van der Waals surface area contributed by atoms with Crippen LogP contribution in [0.25, 0.3) is 11.0 Å². The van der Waals surface area contributed by atoms with Gasteiger partial charge in [0, 0.05) is 32.0 Å². The van der Waals surface area contributed by atoms with Crippen LogP contribution in [0.15, 0.2) is 63.9 Å². The fourth-order valence-corrected chi connectivity index (χ4v) is 5.04. The Hall–Kier alpha value is -3.83. The minimum atomic E-state index is -3.87. The third-order valence-corrected chi connectivity index (χ3v) is 7.37. The summed E-state index contributed by atoms with van der Waals surface area (Å²) in [5.74, 6) is 0.425. The van der Waals surface area contributed by atoms with Gasteiger partial charge in [-0.2, -0.15) is 10.2 Å². The molecule has 0 bridgehead atoms. The van der Waals surface area contributed by atoms with Crippen molar-refractivity contribution >= 4 is 43.9 Å². The molecule has 0 radical (unpaired) electrons. The summed E-state index contributed by atoms with van der Waals surface area (Å²) in [5.41, 5.74) is 12.6. The van der Waals surface area contributed by atoms with Crippen LogP contribution in [0.4, 0.5) is 22.9 Å². The molecule has 2 heterocycles. The molecule has 4 rings (SSSR count). The van der Waals surface area contributed by atoms with E-state index in [0.29, 0.717) is 41.2 Å². The van der Waals surface area contributed by atoms with Crippen molar-refractivity contribution in [2.75, 3.05) is 24.7 Å². The quantitative estimate of drug-likeness (QED) is 0.240. The Morgan fingerprint density at radius 2 is 1.68 bits per heavy atom. The number of nitrogens with zero attached hydrogens (tertiary/aromatic N) is 6. The first-order valence-electron chi connectivity index (χ1n) is 12.0. The number of nitrogens with two attached hydrogens (primary N) is 2. The highest BCUT2D eigenvalue weighted by Crippen LogP contribution is 2.27. The summed E-state index contributed by atoms with van der Waals surface area (Å²) in [6.45, 7) is 4.66. The first kappa shape index (κ1) is 26.2.